The van der Waals surface area contributed by atoms with Gasteiger partial charge >= 0.3 is 0 Å². The quantitative estimate of drug-likeness (QED) is 0.369. The van der Waals surface area contributed by atoms with E-state index in [9.17, 15) is 4.79 Å². The van der Waals surface area contributed by atoms with Gasteiger partial charge in [0.25, 0.3) is 0 Å². The van der Waals surface area contributed by atoms with Crippen LogP contribution in [0.2, 0.25) is 0 Å². The minimum atomic E-state index is 0.483. The van der Waals surface area contributed by atoms with E-state index in [-0.39, 0.29) is 0 Å². The third kappa shape index (κ3) is 3.17. The first-order valence-corrected chi connectivity index (χ1v) is 8.60. The molecule has 3 rings (SSSR count). The zero-order valence-electron chi connectivity index (χ0n) is 11.6. The molecule has 0 bridgehead atoms. The lowest BCUT2D eigenvalue weighted by Crippen LogP contribution is -1.99. The van der Waals surface area contributed by atoms with E-state index in [0.29, 0.717) is 12.2 Å². The van der Waals surface area contributed by atoms with Gasteiger partial charge in [0.15, 0.2) is 0 Å². The largest absolute Gasteiger partial charge is 0.487 e. The minimum absolute atomic E-state index is 0.483. The molecule has 0 unspecified atom stereocenters. The number of hydrogen-bond donors (Lipinski definition) is 0. The van der Waals surface area contributed by atoms with Gasteiger partial charge in [-0.15, -0.1) is 0 Å². The lowest BCUT2D eigenvalue weighted by molar-refractivity contribution is 0.112. The molecular weight excluding hydrogens is 455 g/mol. The second-order valence-corrected chi connectivity index (χ2v) is 6.88. The summed E-state index contributed by atoms with van der Waals surface area (Å²) >= 11 is 5.66. The van der Waals surface area contributed by atoms with E-state index < -0.39 is 0 Å². The van der Waals surface area contributed by atoms with Crippen LogP contribution < -0.4 is 4.74 Å². The molecule has 0 saturated heterocycles. The SMILES string of the molecule is O=Cc1cc(Br)c(OCc2cccc3ccccc23)c(I)c1. The van der Waals surface area contributed by atoms with Crippen LogP contribution in [-0.4, -0.2) is 6.29 Å². The number of fused-ring (bicyclic) bond motifs is 1. The first kappa shape index (κ1) is 15.5. The van der Waals surface area contributed by atoms with Crippen molar-refractivity contribution in [3.8, 4) is 5.75 Å². The van der Waals surface area contributed by atoms with Gasteiger partial charge in [-0.2, -0.15) is 0 Å². The van der Waals surface area contributed by atoms with Gasteiger partial charge in [0, 0.05) is 5.56 Å². The average molecular weight is 467 g/mol. The molecule has 3 aromatic rings. The zero-order chi connectivity index (χ0) is 15.5. The Balaban J connectivity index is 1.90. The first-order chi connectivity index (χ1) is 10.7. The molecule has 0 fully saturated rings. The molecule has 0 aliphatic heterocycles. The third-order valence-corrected chi connectivity index (χ3v) is 4.80. The van der Waals surface area contributed by atoms with Crippen LogP contribution in [0.4, 0.5) is 0 Å². The number of hydrogen-bond acceptors (Lipinski definition) is 2. The van der Waals surface area contributed by atoms with E-state index in [1.54, 1.807) is 6.07 Å². The molecule has 0 aromatic heterocycles. The normalized spacial score (nSPS) is 10.6. The van der Waals surface area contributed by atoms with Gasteiger partial charge in [0.2, 0.25) is 0 Å². The van der Waals surface area contributed by atoms with Gasteiger partial charge in [-0.25, -0.2) is 0 Å². The molecule has 0 atom stereocenters. The summed E-state index contributed by atoms with van der Waals surface area (Å²) in [4.78, 5) is 10.9. The van der Waals surface area contributed by atoms with E-state index in [1.807, 2.05) is 24.3 Å². The van der Waals surface area contributed by atoms with Crippen molar-refractivity contribution in [2.24, 2.45) is 0 Å². The highest BCUT2D eigenvalue weighted by Gasteiger charge is 2.10. The molecule has 110 valence electrons. The molecule has 0 aliphatic rings. The van der Waals surface area contributed by atoms with Crippen molar-refractivity contribution in [1.29, 1.82) is 0 Å². The van der Waals surface area contributed by atoms with Crippen LogP contribution in [0.15, 0.2) is 59.1 Å². The van der Waals surface area contributed by atoms with E-state index in [4.69, 9.17) is 4.74 Å². The van der Waals surface area contributed by atoms with Gasteiger partial charge in [-0.05, 0) is 67.0 Å². The van der Waals surface area contributed by atoms with Crippen LogP contribution in [0.1, 0.15) is 15.9 Å². The number of rotatable bonds is 4. The molecular formula is C18H12BrIO2. The van der Waals surface area contributed by atoms with Crippen LogP contribution in [0, 0.1) is 3.57 Å². The maximum absolute atomic E-state index is 10.9. The van der Waals surface area contributed by atoms with Gasteiger partial charge in [0.1, 0.15) is 18.6 Å². The fourth-order valence-electron chi connectivity index (χ4n) is 2.35. The fourth-order valence-corrected chi connectivity index (χ4v) is 4.12. The molecule has 2 nitrogen and oxygen atoms in total. The van der Waals surface area contributed by atoms with Crippen LogP contribution >= 0.6 is 38.5 Å². The molecule has 0 amide bonds. The molecule has 0 aliphatic carbocycles. The highest BCUT2D eigenvalue weighted by atomic mass is 127. The maximum Gasteiger partial charge on any atom is 0.150 e. The minimum Gasteiger partial charge on any atom is -0.487 e. The van der Waals surface area contributed by atoms with Crippen molar-refractivity contribution >= 4 is 55.6 Å². The Hall–Kier alpha value is -1.40. The second-order valence-electron chi connectivity index (χ2n) is 4.86. The number of carbonyl (C=O) groups excluding carboxylic acids is 1. The summed E-state index contributed by atoms with van der Waals surface area (Å²) in [5, 5.41) is 2.40. The molecule has 3 aromatic carbocycles. The Bertz CT molecular complexity index is 817. The Labute approximate surface area is 150 Å². The molecule has 22 heavy (non-hydrogen) atoms. The molecule has 0 radical (unpaired) electrons. The predicted octanol–water partition coefficient (Wildman–Crippen LogP) is 5.60. The topological polar surface area (TPSA) is 26.3 Å². The highest BCUT2D eigenvalue weighted by molar-refractivity contribution is 14.1. The van der Waals surface area contributed by atoms with Gasteiger partial charge < -0.3 is 4.74 Å². The predicted molar refractivity (Wildman–Crippen MR) is 101 cm³/mol. The fraction of sp³-hybridized carbons (Fsp3) is 0.0556. The van der Waals surface area contributed by atoms with E-state index in [1.165, 1.54) is 10.8 Å². The Morgan fingerprint density at radius 3 is 2.64 bits per heavy atom. The molecule has 0 spiro atoms. The van der Waals surface area contributed by atoms with Crippen LogP contribution in [0.25, 0.3) is 10.8 Å². The van der Waals surface area contributed by atoms with Gasteiger partial charge in [0.05, 0.1) is 8.04 Å². The van der Waals surface area contributed by atoms with Crippen LogP contribution in [0.5, 0.6) is 5.75 Å². The lowest BCUT2D eigenvalue weighted by atomic mass is 10.1. The van der Waals surface area contributed by atoms with Crippen molar-refractivity contribution in [2.75, 3.05) is 0 Å². The number of halogens is 2. The van der Waals surface area contributed by atoms with E-state index >= 15 is 0 Å². The Kier molecular flexibility index (Phi) is 4.78. The molecule has 0 N–H and O–H groups in total. The Morgan fingerprint density at radius 1 is 1.09 bits per heavy atom. The number of aldehydes is 1. The van der Waals surface area contributed by atoms with Crippen molar-refractivity contribution in [1.82, 2.24) is 0 Å². The first-order valence-electron chi connectivity index (χ1n) is 6.72. The molecule has 4 heteroatoms. The summed E-state index contributed by atoms with van der Waals surface area (Å²) in [5.41, 5.74) is 1.77. The van der Waals surface area contributed by atoms with Gasteiger partial charge in [-0.3, -0.25) is 4.79 Å². The van der Waals surface area contributed by atoms with Crippen molar-refractivity contribution in [3.05, 3.63) is 73.8 Å². The summed E-state index contributed by atoms with van der Waals surface area (Å²) < 4.78 is 7.70. The number of ether oxygens (including phenoxy) is 1. The highest BCUT2D eigenvalue weighted by Crippen LogP contribution is 2.32. The average Bonchev–Trinajstić information content (AvgIpc) is 2.54. The maximum atomic E-state index is 10.9. The lowest BCUT2D eigenvalue weighted by Gasteiger charge is -2.12. The summed E-state index contributed by atoms with van der Waals surface area (Å²) in [6, 6.07) is 18.1. The summed E-state index contributed by atoms with van der Waals surface area (Å²) in [5.74, 6) is 0.763. The summed E-state index contributed by atoms with van der Waals surface area (Å²) in [7, 11) is 0. The third-order valence-electron chi connectivity index (χ3n) is 3.41. The second kappa shape index (κ2) is 6.79. The zero-order valence-corrected chi connectivity index (χ0v) is 15.3. The number of benzene rings is 3. The smallest absolute Gasteiger partial charge is 0.150 e. The molecule has 0 heterocycles. The van der Waals surface area contributed by atoms with Crippen molar-refractivity contribution < 1.29 is 9.53 Å². The van der Waals surface area contributed by atoms with Crippen LogP contribution in [0.3, 0.4) is 0 Å². The van der Waals surface area contributed by atoms with Crippen molar-refractivity contribution in [3.63, 3.8) is 0 Å². The standard InChI is InChI=1S/C18H12BrIO2/c19-16-8-12(10-21)9-17(20)18(16)22-11-14-6-3-5-13-4-1-2-7-15(13)14/h1-10H,11H2. The van der Waals surface area contributed by atoms with Gasteiger partial charge in [-0.1, -0.05) is 42.5 Å². The molecule has 0 saturated carbocycles. The van der Waals surface area contributed by atoms with E-state index in [0.717, 1.165) is 25.6 Å². The van der Waals surface area contributed by atoms with Crippen LogP contribution in [-0.2, 0) is 6.61 Å². The Morgan fingerprint density at radius 2 is 1.86 bits per heavy atom. The summed E-state index contributed by atoms with van der Waals surface area (Å²) in [6.45, 7) is 0.483. The number of carbonyl (C=O) groups is 1. The van der Waals surface area contributed by atoms with Crippen molar-refractivity contribution in [2.45, 2.75) is 6.61 Å². The monoisotopic (exact) mass is 466 g/mol. The van der Waals surface area contributed by atoms with E-state index in [2.05, 4.69) is 62.8 Å². The summed E-state index contributed by atoms with van der Waals surface area (Å²) in [6.07, 6.45) is 0.835.